The van der Waals surface area contributed by atoms with Crippen LogP contribution in [0, 0.1) is 0 Å². The molecule has 162 valence electrons. The van der Waals surface area contributed by atoms with Crippen molar-refractivity contribution in [2.75, 3.05) is 55.3 Å². The molecule has 4 heterocycles. The fraction of sp³-hybridized carbons (Fsp3) is 0.364. The number of aromatic nitrogens is 3. The third-order valence-electron chi connectivity index (χ3n) is 5.37. The summed E-state index contributed by atoms with van der Waals surface area (Å²) in [7, 11) is 1.86. The molecule has 4 rings (SSSR count). The Bertz CT molecular complexity index is 1050. The Labute approximate surface area is 181 Å². The van der Waals surface area contributed by atoms with E-state index in [9.17, 15) is 4.79 Å². The maximum Gasteiger partial charge on any atom is 0.320 e. The van der Waals surface area contributed by atoms with Gasteiger partial charge in [-0.05, 0) is 36.8 Å². The van der Waals surface area contributed by atoms with Crippen LogP contribution in [0.4, 0.5) is 22.1 Å². The topological polar surface area (TPSA) is 98.3 Å². The van der Waals surface area contributed by atoms with Gasteiger partial charge in [0.25, 0.3) is 0 Å². The number of hydrogen-bond donors (Lipinski definition) is 3. The number of urea groups is 1. The molecule has 0 bridgehead atoms. The molecule has 2 amide bonds. The molecular weight excluding hydrogens is 392 g/mol. The maximum absolute atomic E-state index is 11.7. The highest BCUT2D eigenvalue weighted by atomic mass is 16.2. The van der Waals surface area contributed by atoms with Gasteiger partial charge in [-0.1, -0.05) is 0 Å². The van der Waals surface area contributed by atoms with E-state index in [1.807, 2.05) is 38.4 Å². The number of pyridine rings is 3. The van der Waals surface area contributed by atoms with Crippen LogP contribution < -0.4 is 20.9 Å². The number of nitrogens with zero attached hydrogens (tertiary/aromatic N) is 5. The fourth-order valence-electron chi connectivity index (χ4n) is 3.79. The Kier molecular flexibility index (Phi) is 6.42. The first-order chi connectivity index (χ1) is 15.2. The van der Waals surface area contributed by atoms with Crippen molar-refractivity contribution >= 4 is 34.3 Å². The number of carbonyl (C=O) groups is 1. The Balaban J connectivity index is 1.36. The molecule has 1 fully saturated rings. The predicted octanol–water partition coefficient (Wildman–Crippen LogP) is 2.53. The van der Waals surface area contributed by atoms with Crippen molar-refractivity contribution in [3.63, 3.8) is 0 Å². The molecule has 9 nitrogen and oxygen atoms in total. The molecule has 0 radical (unpaired) electrons. The lowest BCUT2D eigenvalue weighted by molar-refractivity contribution is 0.249. The number of carbonyl (C=O) groups excluding carboxylic acids is 1. The molecule has 31 heavy (non-hydrogen) atoms. The highest BCUT2D eigenvalue weighted by Crippen LogP contribution is 2.24. The minimum absolute atomic E-state index is 0.234. The summed E-state index contributed by atoms with van der Waals surface area (Å²) >= 11 is 0. The molecule has 0 saturated carbocycles. The number of fused-ring (bicyclic) bond motifs is 1. The van der Waals surface area contributed by atoms with Crippen molar-refractivity contribution < 1.29 is 4.79 Å². The Morgan fingerprint density at radius 1 is 1.06 bits per heavy atom. The van der Waals surface area contributed by atoms with E-state index in [4.69, 9.17) is 0 Å². The van der Waals surface area contributed by atoms with Crippen LogP contribution in [0.3, 0.4) is 0 Å². The summed E-state index contributed by atoms with van der Waals surface area (Å²) in [4.78, 5) is 29.7. The van der Waals surface area contributed by atoms with Crippen molar-refractivity contribution in [2.24, 2.45) is 0 Å². The summed E-state index contributed by atoms with van der Waals surface area (Å²) < 4.78 is 0. The van der Waals surface area contributed by atoms with Crippen LogP contribution in [-0.2, 0) is 6.54 Å². The van der Waals surface area contributed by atoms with Gasteiger partial charge in [0, 0.05) is 64.1 Å². The van der Waals surface area contributed by atoms with Gasteiger partial charge in [-0.2, -0.15) is 0 Å². The number of piperazine rings is 1. The van der Waals surface area contributed by atoms with Crippen LogP contribution in [0.2, 0.25) is 0 Å². The summed E-state index contributed by atoms with van der Waals surface area (Å²) in [5, 5.41) is 9.66. The van der Waals surface area contributed by atoms with Crippen LogP contribution >= 0.6 is 0 Å². The SMILES string of the molecule is CCNC(=O)Nc1cc(CN2CCN(c3cnc4c(NC)nccc4c3)CC2)ccn1. The van der Waals surface area contributed by atoms with E-state index in [0.29, 0.717) is 12.4 Å². The molecule has 9 heteroatoms. The molecule has 3 aromatic heterocycles. The first kappa shape index (κ1) is 20.8. The zero-order chi connectivity index (χ0) is 21.6. The number of nitrogens with one attached hydrogen (secondary N) is 3. The van der Waals surface area contributed by atoms with Crippen molar-refractivity contribution in [3.05, 3.63) is 48.4 Å². The smallest absolute Gasteiger partial charge is 0.320 e. The minimum Gasteiger partial charge on any atom is -0.371 e. The Hall–Kier alpha value is -3.46. The van der Waals surface area contributed by atoms with E-state index in [1.54, 1.807) is 12.4 Å². The third-order valence-corrected chi connectivity index (χ3v) is 5.37. The maximum atomic E-state index is 11.7. The highest BCUT2D eigenvalue weighted by molar-refractivity contribution is 5.90. The molecule has 3 aromatic rings. The van der Waals surface area contributed by atoms with E-state index >= 15 is 0 Å². The van der Waals surface area contributed by atoms with Gasteiger partial charge in [-0.3, -0.25) is 15.2 Å². The van der Waals surface area contributed by atoms with E-state index in [0.717, 1.165) is 60.7 Å². The molecule has 0 unspecified atom stereocenters. The molecule has 0 spiro atoms. The molecule has 1 aliphatic heterocycles. The summed E-state index contributed by atoms with van der Waals surface area (Å²) in [6, 6.07) is 7.88. The second kappa shape index (κ2) is 9.57. The van der Waals surface area contributed by atoms with Crippen LogP contribution in [-0.4, -0.2) is 65.7 Å². The van der Waals surface area contributed by atoms with Crippen LogP contribution in [0.25, 0.3) is 10.9 Å². The zero-order valence-corrected chi connectivity index (χ0v) is 17.9. The molecule has 3 N–H and O–H groups in total. The molecule has 1 saturated heterocycles. The molecule has 0 atom stereocenters. The highest BCUT2D eigenvalue weighted by Gasteiger charge is 2.18. The molecule has 1 aliphatic rings. The largest absolute Gasteiger partial charge is 0.371 e. The monoisotopic (exact) mass is 420 g/mol. The van der Waals surface area contributed by atoms with E-state index in [2.05, 4.69) is 46.8 Å². The summed E-state index contributed by atoms with van der Waals surface area (Å²) in [6.07, 6.45) is 5.48. The quantitative estimate of drug-likeness (QED) is 0.564. The van der Waals surface area contributed by atoms with E-state index in [1.165, 1.54) is 0 Å². The fourth-order valence-corrected chi connectivity index (χ4v) is 3.79. The molecular formula is C22H28N8O. The summed E-state index contributed by atoms with van der Waals surface area (Å²) in [6.45, 7) is 7.07. The van der Waals surface area contributed by atoms with Gasteiger partial charge < -0.3 is 15.5 Å². The van der Waals surface area contributed by atoms with Gasteiger partial charge in [0.2, 0.25) is 0 Å². The van der Waals surface area contributed by atoms with Gasteiger partial charge >= 0.3 is 6.03 Å². The lowest BCUT2D eigenvalue weighted by Gasteiger charge is -2.36. The third kappa shape index (κ3) is 5.00. The average Bonchev–Trinajstić information content (AvgIpc) is 2.79. The van der Waals surface area contributed by atoms with Gasteiger partial charge in [0.15, 0.2) is 5.82 Å². The van der Waals surface area contributed by atoms with E-state index < -0.39 is 0 Å². The number of rotatable bonds is 6. The number of hydrogen-bond acceptors (Lipinski definition) is 7. The normalized spacial score (nSPS) is 14.5. The van der Waals surface area contributed by atoms with Crippen molar-refractivity contribution in [1.29, 1.82) is 0 Å². The average molecular weight is 421 g/mol. The van der Waals surface area contributed by atoms with Gasteiger partial charge in [-0.25, -0.2) is 14.8 Å². The summed E-state index contributed by atoms with van der Waals surface area (Å²) in [5.41, 5.74) is 3.16. The van der Waals surface area contributed by atoms with Crippen LogP contribution in [0.15, 0.2) is 42.9 Å². The van der Waals surface area contributed by atoms with Crippen molar-refractivity contribution in [2.45, 2.75) is 13.5 Å². The van der Waals surface area contributed by atoms with Crippen LogP contribution in [0.1, 0.15) is 12.5 Å². The Morgan fingerprint density at radius 3 is 2.65 bits per heavy atom. The molecule has 0 aliphatic carbocycles. The lowest BCUT2D eigenvalue weighted by Crippen LogP contribution is -2.46. The Morgan fingerprint density at radius 2 is 1.87 bits per heavy atom. The minimum atomic E-state index is -0.234. The number of amides is 2. The zero-order valence-electron chi connectivity index (χ0n) is 17.9. The summed E-state index contributed by atoms with van der Waals surface area (Å²) in [5.74, 6) is 1.37. The predicted molar refractivity (Wildman–Crippen MR) is 124 cm³/mol. The second-order valence-electron chi connectivity index (χ2n) is 7.47. The van der Waals surface area contributed by atoms with Crippen LogP contribution in [0.5, 0.6) is 0 Å². The van der Waals surface area contributed by atoms with Crippen molar-refractivity contribution in [3.8, 4) is 0 Å². The number of anilines is 3. The van der Waals surface area contributed by atoms with Gasteiger partial charge in [-0.15, -0.1) is 0 Å². The van der Waals surface area contributed by atoms with Gasteiger partial charge in [0.05, 0.1) is 11.9 Å². The van der Waals surface area contributed by atoms with Gasteiger partial charge in [0.1, 0.15) is 11.3 Å². The van der Waals surface area contributed by atoms with E-state index in [-0.39, 0.29) is 6.03 Å². The van der Waals surface area contributed by atoms with Crippen molar-refractivity contribution in [1.82, 2.24) is 25.2 Å². The first-order valence-electron chi connectivity index (χ1n) is 10.6. The molecule has 0 aromatic carbocycles. The second-order valence-corrected chi connectivity index (χ2v) is 7.47. The first-order valence-corrected chi connectivity index (χ1v) is 10.6. The lowest BCUT2D eigenvalue weighted by atomic mass is 10.2. The standard InChI is InChI=1S/C22H28N8O/c1-3-24-22(31)28-19-12-16(4-6-25-19)15-29-8-10-30(11-9-29)18-13-17-5-7-26-21(23-2)20(17)27-14-18/h4-7,12-14H,3,8-11,15H2,1-2H3,(H,23,26)(H2,24,25,28,31).